The molecule has 4 N–H and O–H groups in total. The zero-order valence-electron chi connectivity index (χ0n) is 27.0. The fourth-order valence-corrected chi connectivity index (χ4v) is 5.66. The average Bonchev–Trinajstić information content (AvgIpc) is 2.98. The van der Waals surface area contributed by atoms with E-state index in [0.717, 1.165) is 28.9 Å². The highest BCUT2D eigenvalue weighted by Gasteiger charge is 2.42. The lowest BCUT2D eigenvalue weighted by atomic mass is 9.71. The van der Waals surface area contributed by atoms with E-state index in [9.17, 15) is 15.3 Å². The van der Waals surface area contributed by atoms with E-state index in [-0.39, 0.29) is 50.0 Å². The van der Waals surface area contributed by atoms with Crippen LogP contribution in [0.15, 0.2) is 127 Å². The molecule has 0 saturated carbocycles. The Morgan fingerprint density at radius 3 is 1.37 bits per heavy atom. The van der Waals surface area contributed by atoms with Crippen LogP contribution in [0, 0.1) is 0 Å². The molecule has 1 atom stereocenters. The van der Waals surface area contributed by atoms with Crippen LogP contribution < -0.4 is 4.74 Å². The van der Waals surface area contributed by atoms with E-state index in [1.165, 1.54) is 5.56 Å². The van der Waals surface area contributed by atoms with E-state index < -0.39 is 0 Å². The van der Waals surface area contributed by atoms with Gasteiger partial charge in [-0.3, -0.25) is 0 Å². The molecule has 0 fully saturated rings. The minimum absolute atomic E-state index is 0. The van der Waals surface area contributed by atoms with Gasteiger partial charge in [0.1, 0.15) is 34.3 Å². The summed E-state index contributed by atoms with van der Waals surface area (Å²) >= 11 is 0. The summed E-state index contributed by atoms with van der Waals surface area (Å²) in [6, 6.07) is 38.7. The van der Waals surface area contributed by atoms with Gasteiger partial charge >= 0.3 is 1.43 Å². The number of phenols is 4. The number of rotatable bonds is 3. The van der Waals surface area contributed by atoms with Crippen LogP contribution in [0.4, 0.5) is 0 Å². The lowest BCUT2D eigenvalue weighted by Gasteiger charge is -2.44. The van der Waals surface area contributed by atoms with Gasteiger partial charge < -0.3 is 25.2 Å². The summed E-state index contributed by atoms with van der Waals surface area (Å²) in [7, 11) is 0. The van der Waals surface area contributed by atoms with Gasteiger partial charge in [-0.15, -0.1) is 0 Å². The number of benzene rings is 5. The van der Waals surface area contributed by atoms with Gasteiger partial charge in [0.2, 0.25) is 0 Å². The van der Waals surface area contributed by atoms with Gasteiger partial charge in [-0.1, -0.05) is 115 Å². The van der Waals surface area contributed by atoms with Crippen molar-refractivity contribution in [1.29, 1.82) is 0 Å². The molecule has 0 radical (unpaired) electrons. The number of aromatic hydroxyl groups is 4. The Morgan fingerprint density at radius 2 is 0.935 bits per heavy atom. The third-order valence-corrected chi connectivity index (χ3v) is 8.14. The first-order chi connectivity index (χ1) is 20.8. The molecule has 6 rings (SSSR count). The van der Waals surface area contributed by atoms with Crippen molar-refractivity contribution in [1.82, 2.24) is 0 Å². The second-order valence-corrected chi connectivity index (χ2v) is 12.5. The summed E-state index contributed by atoms with van der Waals surface area (Å²) in [6.45, 7) is 10.9. The fraction of sp³-hybridized carbons (Fsp3) is 0.268. The monoisotopic (exact) mass is 623 g/mol. The van der Waals surface area contributed by atoms with Gasteiger partial charge in [0.05, 0.1) is 0 Å². The van der Waals surface area contributed by atoms with Gasteiger partial charge in [0.25, 0.3) is 0 Å². The van der Waals surface area contributed by atoms with E-state index in [0.29, 0.717) is 5.75 Å². The van der Waals surface area contributed by atoms with Crippen molar-refractivity contribution in [2.75, 3.05) is 0 Å². The first-order valence-electron chi connectivity index (χ1n) is 14.7. The molecular formula is C41H51O5+. The van der Waals surface area contributed by atoms with Crippen LogP contribution in [-0.2, 0) is 16.4 Å². The van der Waals surface area contributed by atoms with E-state index in [4.69, 9.17) is 9.84 Å². The summed E-state index contributed by atoms with van der Waals surface area (Å²) < 4.78 is 6.30. The van der Waals surface area contributed by atoms with Gasteiger partial charge in [-0.05, 0) is 89.2 Å². The number of phenolic OH excluding ortho intramolecular Hbond substituents is 4. The highest BCUT2D eigenvalue weighted by Crippen LogP contribution is 2.48. The van der Waals surface area contributed by atoms with Crippen LogP contribution in [0.2, 0.25) is 0 Å². The SMILES string of the molecule is C.C.CC(C)(c1ccc(O)cc1)c1ccc(O)cc1.CC1(C)CC(C)(c2ccc(O)cc2)Oc2ccccc21.Oc1ccccc1.[H+]. The lowest BCUT2D eigenvalue weighted by molar-refractivity contribution is 0.0325. The van der Waals surface area contributed by atoms with Crippen molar-refractivity contribution < 1.29 is 26.6 Å². The fourth-order valence-electron chi connectivity index (χ4n) is 5.66. The molecule has 5 aromatic carbocycles. The predicted octanol–water partition coefficient (Wildman–Crippen LogP) is 10.6. The maximum atomic E-state index is 9.46. The maximum absolute atomic E-state index is 9.46. The van der Waals surface area contributed by atoms with Gasteiger partial charge in [0, 0.05) is 11.8 Å². The Kier molecular flexibility index (Phi) is 12.5. The topological polar surface area (TPSA) is 90.2 Å². The normalized spacial score (nSPS) is 15.8. The molecule has 1 heterocycles. The van der Waals surface area contributed by atoms with Gasteiger partial charge in [0.15, 0.2) is 0 Å². The van der Waals surface area contributed by atoms with Gasteiger partial charge in [-0.25, -0.2) is 0 Å². The molecule has 5 aromatic rings. The van der Waals surface area contributed by atoms with Crippen LogP contribution in [-0.4, -0.2) is 20.4 Å². The Hall–Kier alpha value is -4.90. The predicted molar refractivity (Wildman–Crippen MR) is 191 cm³/mol. The van der Waals surface area contributed by atoms with Crippen molar-refractivity contribution in [3.8, 4) is 28.7 Å². The van der Waals surface area contributed by atoms with Crippen molar-refractivity contribution in [2.45, 2.75) is 72.3 Å². The molecular weight excluding hydrogens is 572 g/mol. The van der Waals surface area contributed by atoms with E-state index >= 15 is 0 Å². The Bertz CT molecular complexity index is 1580. The maximum Gasteiger partial charge on any atom is 1.00 e. The number of hydrogen-bond donors (Lipinski definition) is 4. The summed E-state index contributed by atoms with van der Waals surface area (Å²) in [6.07, 6.45) is 0.905. The molecule has 0 bridgehead atoms. The molecule has 5 nitrogen and oxygen atoms in total. The largest absolute Gasteiger partial charge is 1.00 e. The lowest BCUT2D eigenvalue weighted by Crippen LogP contribution is -2.41. The van der Waals surface area contributed by atoms with Crippen LogP contribution in [0.3, 0.4) is 0 Å². The third kappa shape index (κ3) is 9.07. The molecule has 1 aliphatic rings. The van der Waals surface area contributed by atoms with Crippen molar-refractivity contribution in [2.24, 2.45) is 0 Å². The second kappa shape index (κ2) is 15.4. The summed E-state index contributed by atoms with van der Waals surface area (Å²) in [4.78, 5) is 0. The molecule has 0 amide bonds. The third-order valence-electron chi connectivity index (χ3n) is 8.14. The molecule has 0 aromatic heterocycles. The zero-order chi connectivity index (χ0) is 32.0. The molecule has 244 valence electrons. The van der Waals surface area contributed by atoms with Crippen LogP contribution in [0.5, 0.6) is 28.7 Å². The summed E-state index contributed by atoms with van der Waals surface area (Å²) in [5, 5.41) is 36.7. The zero-order valence-corrected chi connectivity index (χ0v) is 26.0. The van der Waals surface area contributed by atoms with E-state index in [1.807, 2.05) is 54.6 Å². The van der Waals surface area contributed by atoms with Crippen molar-refractivity contribution >= 4 is 0 Å². The van der Waals surface area contributed by atoms with Gasteiger partial charge in [-0.2, -0.15) is 0 Å². The standard InChI is InChI=1S/C18H20O2.C15H16O2.C6H6O.2CH4/c1-17(2)12-18(3,13-8-10-14(19)11-9-13)20-16-7-5-4-6-15(16)17;1-15(2,11-3-7-13(16)8-4-11)12-5-9-14(17)10-6-12;7-6-4-2-1-3-5-6;;/h4-11,19H,12H2,1-3H3;3-10,16-17H,1-2H3;1-5,7H;2*1H4/p+1. The Morgan fingerprint density at radius 1 is 0.543 bits per heavy atom. The number of fused-ring (bicyclic) bond motifs is 1. The molecule has 0 saturated heterocycles. The summed E-state index contributed by atoms with van der Waals surface area (Å²) in [5.41, 5.74) is 4.14. The number of para-hydroxylation sites is 2. The molecule has 5 heteroatoms. The molecule has 1 aliphatic heterocycles. The van der Waals surface area contributed by atoms with Crippen molar-refractivity contribution in [3.05, 3.63) is 150 Å². The first kappa shape index (κ1) is 37.3. The summed E-state index contributed by atoms with van der Waals surface area (Å²) in [5.74, 6) is 2.11. The minimum atomic E-state index is -0.369. The highest BCUT2D eigenvalue weighted by atomic mass is 16.5. The molecule has 0 spiro atoms. The number of ether oxygens (including phenoxy) is 1. The van der Waals surface area contributed by atoms with Crippen LogP contribution in [0.25, 0.3) is 0 Å². The van der Waals surface area contributed by atoms with Crippen LogP contribution in [0.1, 0.15) is 79.6 Å². The smallest absolute Gasteiger partial charge is 0.508 e. The Balaban J connectivity index is 0.000000374. The molecule has 0 aliphatic carbocycles. The number of hydrogen-bond acceptors (Lipinski definition) is 5. The highest BCUT2D eigenvalue weighted by molar-refractivity contribution is 5.44. The Labute approximate surface area is 276 Å². The van der Waals surface area contributed by atoms with Crippen LogP contribution >= 0.6 is 0 Å². The second-order valence-electron chi connectivity index (χ2n) is 12.5. The molecule has 46 heavy (non-hydrogen) atoms. The van der Waals surface area contributed by atoms with E-state index in [1.54, 1.807) is 60.7 Å². The average molecular weight is 624 g/mol. The van der Waals surface area contributed by atoms with E-state index in [2.05, 4.69) is 46.8 Å². The van der Waals surface area contributed by atoms with Crippen molar-refractivity contribution in [3.63, 3.8) is 0 Å². The quantitative estimate of drug-likeness (QED) is 0.161. The minimum Gasteiger partial charge on any atom is -0.508 e. The molecule has 1 unspecified atom stereocenters. The first-order valence-corrected chi connectivity index (χ1v) is 14.7.